The van der Waals surface area contributed by atoms with E-state index in [-0.39, 0.29) is 11.5 Å². The Labute approximate surface area is 115 Å². The van der Waals surface area contributed by atoms with Crippen molar-refractivity contribution in [3.05, 3.63) is 35.4 Å². The predicted molar refractivity (Wildman–Crippen MR) is 76.8 cm³/mol. The van der Waals surface area contributed by atoms with Crippen molar-refractivity contribution in [1.82, 2.24) is 10.6 Å². The van der Waals surface area contributed by atoms with Crippen molar-refractivity contribution in [2.45, 2.75) is 51.4 Å². The van der Waals surface area contributed by atoms with Crippen LogP contribution in [0, 0.1) is 5.41 Å². The summed E-state index contributed by atoms with van der Waals surface area (Å²) in [5.74, 6) is 0. The minimum atomic E-state index is -0.163. The van der Waals surface area contributed by atoms with Crippen LogP contribution in [0.15, 0.2) is 24.3 Å². The molecule has 3 rings (SSSR count). The molecule has 1 fully saturated rings. The second-order valence-corrected chi connectivity index (χ2v) is 6.51. The molecule has 0 saturated heterocycles. The summed E-state index contributed by atoms with van der Waals surface area (Å²) in [6.45, 7) is 6.31. The molecule has 3 unspecified atom stereocenters. The first-order chi connectivity index (χ1) is 9.09. The van der Waals surface area contributed by atoms with E-state index in [1.165, 1.54) is 11.1 Å². The maximum atomic E-state index is 9.87. The molecule has 2 aliphatic rings. The number of aliphatic hydroxyl groups excluding tert-OH is 1. The Bertz CT molecular complexity index is 458. The van der Waals surface area contributed by atoms with E-state index in [1.807, 2.05) is 0 Å². The van der Waals surface area contributed by atoms with Crippen LogP contribution >= 0.6 is 0 Å². The van der Waals surface area contributed by atoms with Gasteiger partial charge in [-0.25, -0.2) is 0 Å². The Hall–Kier alpha value is -0.900. The van der Waals surface area contributed by atoms with Crippen LogP contribution in [0.1, 0.15) is 43.9 Å². The molecule has 19 heavy (non-hydrogen) atoms. The van der Waals surface area contributed by atoms with E-state index in [2.05, 4.69) is 48.7 Å². The molecule has 1 heterocycles. The fourth-order valence-electron chi connectivity index (χ4n) is 3.26. The molecule has 1 saturated carbocycles. The van der Waals surface area contributed by atoms with Crippen molar-refractivity contribution >= 4 is 0 Å². The number of rotatable bonds is 2. The molecule has 3 N–H and O–H groups in total. The van der Waals surface area contributed by atoms with Gasteiger partial charge in [0.2, 0.25) is 0 Å². The summed E-state index contributed by atoms with van der Waals surface area (Å²) in [6.07, 6.45) is 1.82. The van der Waals surface area contributed by atoms with Gasteiger partial charge in [-0.15, -0.1) is 0 Å². The molecule has 104 valence electrons. The SMILES string of the molecule is CC1(C)C(O)CC1NC1CCNCc2ccccc21. The van der Waals surface area contributed by atoms with Crippen molar-refractivity contribution in [2.24, 2.45) is 5.41 Å². The third-order valence-electron chi connectivity index (χ3n) is 4.97. The lowest BCUT2D eigenvalue weighted by atomic mass is 9.64. The number of hydrogen-bond acceptors (Lipinski definition) is 3. The number of hydrogen-bond donors (Lipinski definition) is 3. The van der Waals surface area contributed by atoms with Gasteiger partial charge >= 0.3 is 0 Å². The van der Waals surface area contributed by atoms with Crippen LogP contribution in [0.2, 0.25) is 0 Å². The highest BCUT2D eigenvalue weighted by atomic mass is 16.3. The number of nitrogens with one attached hydrogen (secondary N) is 2. The Morgan fingerprint density at radius 3 is 2.84 bits per heavy atom. The molecule has 1 aromatic rings. The van der Waals surface area contributed by atoms with E-state index in [0.717, 1.165) is 25.9 Å². The van der Waals surface area contributed by atoms with Crippen molar-refractivity contribution < 1.29 is 5.11 Å². The van der Waals surface area contributed by atoms with Gasteiger partial charge in [0.05, 0.1) is 6.10 Å². The zero-order chi connectivity index (χ0) is 13.5. The summed E-state index contributed by atoms with van der Waals surface area (Å²) < 4.78 is 0. The molecule has 3 heteroatoms. The number of aliphatic hydroxyl groups is 1. The van der Waals surface area contributed by atoms with Gasteiger partial charge in [0.15, 0.2) is 0 Å². The number of fused-ring (bicyclic) bond motifs is 1. The summed E-state index contributed by atoms with van der Waals surface area (Å²) in [6, 6.07) is 9.51. The van der Waals surface area contributed by atoms with Crippen molar-refractivity contribution in [3.8, 4) is 0 Å². The molecule has 0 spiro atoms. The Balaban J connectivity index is 1.78. The zero-order valence-electron chi connectivity index (χ0n) is 11.8. The lowest BCUT2D eigenvalue weighted by molar-refractivity contribution is -0.0762. The molecule has 0 aromatic heterocycles. The Kier molecular flexibility index (Phi) is 3.37. The van der Waals surface area contributed by atoms with Crippen LogP contribution in [0.25, 0.3) is 0 Å². The van der Waals surface area contributed by atoms with Crippen LogP contribution in [-0.4, -0.2) is 23.8 Å². The highest BCUT2D eigenvalue weighted by Crippen LogP contribution is 2.42. The maximum Gasteiger partial charge on any atom is 0.0621 e. The quantitative estimate of drug-likeness (QED) is 0.762. The molecule has 3 nitrogen and oxygen atoms in total. The van der Waals surface area contributed by atoms with Gasteiger partial charge in [-0.1, -0.05) is 38.1 Å². The first kappa shape index (κ1) is 13.1. The van der Waals surface area contributed by atoms with Crippen LogP contribution in [0.3, 0.4) is 0 Å². The fraction of sp³-hybridized carbons (Fsp3) is 0.625. The van der Waals surface area contributed by atoms with Crippen LogP contribution in [0.4, 0.5) is 0 Å². The van der Waals surface area contributed by atoms with Crippen molar-refractivity contribution in [3.63, 3.8) is 0 Å². The second-order valence-electron chi connectivity index (χ2n) is 6.51. The average molecular weight is 260 g/mol. The lowest BCUT2D eigenvalue weighted by Gasteiger charge is -2.51. The molecule has 3 atom stereocenters. The normalized spacial score (nSPS) is 33.1. The predicted octanol–water partition coefficient (Wildman–Crippen LogP) is 1.97. The summed E-state index contributed by atoms with van der Waals surface area (Å²) in [5, 5.41) is 17.1. The highest BCUT2D eigenvalue weighted by molar-refractivity contribution is 5.31. The first-order valence-corrected chi connectivity index (χ1v) is 7.31. The van der Waals surface area contributed by atoms with Gasteiger partial charge in [0, 0.05) is 24.0 Å². The van der Waals surface area contributed by atoms with Gasteiger partial charge in [0.1, 0.15) is 0 Å². The van der Waals surface area contributed by atoms with Gasteiger partial charge in [-0.2, -0.15) is 0 Å². The van der Waals surface area contributed by atoms with Crippen LogP contribution < -0.4 is 10.6 Å². The summed E-state index contributed by atoms with van der Waals surface area (Å²) in [4.78, 5) is 0. The van der Waals surface area contributed by atoms with Crippen molar-refractivity contribution in [2.75, 3.05) is 6.54 Å². The minimum absolute atomic E-state index is 0.00528. The first-order valence-electron chi connectivity index (χ1n) is 7.31. The fourth-order valence-corrected chi connectivity index (χ4v) is 3.26. The summed E-state index contributed by atoms with van der Waals surface area (Å²) >= 11 is 0. The third kappa shape index (κ3) is 2.31. The Morgan fingerprint density at radius 1 is 1.32 bits per heavy atom. The summed E-state index contributed by atoms with van der Waals surface area (Å²) in [7, 11) is 0. The standard InChI is InChI=1S/C16H24N2O/c1-16(2)14(9-15(16)19)18-13-7-8-17-10-11-5-3-4-6-12(11)13/h3-6,13-15,17-19H,7-10H2,1-2H3. The molecule has 0 amide bonds. The highest BCUT2D eigenvalue weighted by Gasteiger charge is 2.47. The molecule has 0 radical (unpaired) electrons. The van der Waals surface area contributed by atoms with Crippen LogP contribution in [-0.2, 0) is 6.54 Å². The molecule has 0 bridgehead atoms. The third-order valence-corrected chi connectivity index (χ3v) is 4.97. The zero-order valence-corrected chi connectivity index (χ0v) is 11.8. The maximum absolute atomic E-state index is 9.87. The monoisotopic (exact) mass is 260 g/mol. The van der Waals surface area contributed by atoms with E-state index >= 15 is 0 Å². The molecule has 1 aliphatic carbocycles. The second kappa shape index (κ2) is 4.89. The smallest absolute Gasteiger partial charge is 0.0621 e. The van der Waals surface area contributed by atoms with Crippen molar-refractivity contribution in [1.29, 1.82) is 0 Å². The minimum Gasteiger partial charge on any atom is -0.392 e. The molecular weight excluding hydrogens is 236 g/mol. The lowest BCUT2D eigenvalue weighted by Crippen LogP contribution is -2.60. The molecule has 1 aliphatic heterocycles. The van der Waals surface area contributed by atoms with Crippen LogP contribution in [0.5, 0.6) is 0 Å². The van der Waals surface area contributed by atoms with E-state index in [1.54, 1.807) is 0 Å². The summed E-state index contributed by atoms with van der Waals surface area (Å²) in [5.41, 5.74) is 2.81. The van der Waals surface area contributed by atoms with E-state index in [9.17, 15) is 5.11 Å². The van der Waals surface area contributed by atoms with Gasteiger partial charge in [-0.3, -0.25) is 0 Å². The van der Waals surface area contributed by atoms with Gasteiger partial charge < -0.3 is 15.7 Å². The average Bonchev–Trinajstić information content (AvgIpc) is 2.61. The largest absolute Gasteiger partial charge is 0.392 e. The molecular formula is C16H24N2O. The topological polar surface area (TPSA) is 44.3 Å². The number of benzene rings is 1. The van der Waals surface area contributed by atoms with Gasteiger partial charge in [-0.05, 0) is 30.5 Å². The van der Waals surface area contributed by atoms with E-state index in [4.69, 9.17) is 0 Å². The van der Waals surface area contributed by atoms with Gasteiger partial charge in [0.25, 0.3) is 0 Å². The van der Waals surface area contributed by atoms with E-state index < -0.39 is 0 Å². The Morgan fingerprint density at radius 2 is 2.11 bits per heavy atom. The molecule has 1 aromatic carbocycles. The van der Waals surface area contributed by atoms with E-state index in [0.29, 0.717) is 12.1 Å².